The molecule has 1 amide bonds. The van der Waals surface area contributed by atoms with Crippen LogP contribution in [-0.4, -0.2) is 24.3 Å². The number of carbonyl (C=O) groups is 1. The molecule has 0 unspecified atom stereocenters. The molecule has 0 bridgehead atoms. The number of pyridine rings is 2. The molecule has 7 nitrogen and oxygen atoms in total. The lowest BCUT2D eigenvalue weighted by Crippen LogP contribution is -2.30. The molecule has 0 radical (unpaired) electrons. The normalized spacial score (nSPS) is 11.0. The van der Waals surface area contributed by atoms with Crippen molar-refractivity contribution in [3.8, 4) is 6.07 Å². The van der Waals surface area contributed by atoms with E-state index < -0.39 is 15.9 Å². The van der Waals surface area contributed by atoms with Crippen LogP contribution in [0.1, 0.15) is 21.6 Å². The van der Waals surface area contributed by atoms with Gasteiger partial charge in [0, 0.05) is 17.8 Å². The molecule has 1 aromatic carbocycles. The number of hydrogen-bond donors (Lipinski definition) is 1. The molecule has 0 aliphatic rings. The Morgan fingerprint density at radius 1 is 1.16 bits per heavy atom. The molecule has 2 heterocycles. The summed E-state index contributed by atoms with van der Waals surface area (Å²) < 4.78 is 26.7. The first-order valence-electron chi connectivity index (χ1n) is 7.19. The minimum Gasteiger partial charge on any atom is -0.268 e. The number of nitriles is 1. The first kappa shape index (κ1) is 16.5. The molecule has 25 heavy (non-hydrogen) atoms. The number of hydrogen-bond acceptors (Lipinski definition) is 6. The molecule has 0 saturated carbocycles. The summed E-state index contributed by atoms with van der Waals surface area (Å²) >= 11 is 0. The second-order valence-corrected chi connectivity index (χ2v) is 6.99. The van der Waals surface area contributed by atoms with Crippen molar-refractivity contribution in [2.45, 2.75) is 11.8 Å². The second-order valence-electron chi connectivity index (χ2n) is 5.30. The zero-order valence-corrected chi connectivity index (χ0v) is 13.9. The minimum absolute atomic E-state index is 0.0841. The summed E-state index contributed by atoms with van der Waals surface area (Å²) in [5.74, 6) is -0.763. The number of benzene rings is 1. The lowest BCUT2D eigenvalue weighted by atomic mass is 10.1. The number of rotatable bonds is 3. The van der Waals surface area contributed by atoms with E-state index in [4.69, 9.17) is 5.26 Å². The minimum atomic E-state index is -4.10. The van der Waals surface area contributed by atoms with Gasteiger partial charge < -0.3 is 0 Å². The Morgan fingerprint density at radius 3 is 2.64 bits per heavy atom. The zero-order chi connectivity index (χ0) is 18.0. The number of nitrogens with one attached hydrogen (secondary N) is 1. The van der Waals surface area contributed by atoms with Gasteiger partial charge in [0.25, 0.3) is 15.9 Å². The summed E-state index contributed by atoms with van der Waals surface area (Å²) in [7, 11) is -4.10. The standard InChI is InChI=1S/C17H12N4O3S/c1-11-2-5-14-15(6-7-19-16(14)8-11)17(22)21-25(23,24)13-4-3-12(9-18)20-10-13/h2-8,10H,1H3,(H,21,22). The van der Waals surface area contributed by atoms with Crippen LogP contribution in [0.25, 0.3) is 10.9 Å². The maximum Gasteiger partial charge on any atom is 0.265 e. The summed E-state index contributed by atoms with van der Waals surface area (Å²) in [4.78, 5) is 20.2. The monoisotopic (exact) mass is 352 g/mol. The Labute approximate surface area is 144 Å². The van der Waals surface area contributed by atoms with Gasteiger partial charge in [0.2, 0.25) is 0 Å². The number of amides is 1. The zero-order valence-electron chi connectivity index (χ0n) is 13.1. The third-order valence-corrected chi connectivity index (χ3v) is 4.85. The predicted octanol–water partition coefficient (Wildman–Crippen LogP) is 1.93. The van der Waals surface area contributed by atoms with E-state index in [9.17, 15) is 13.2 Å². The molecular formula is C17H12N4O3S. The predicted molar refractivity (Wildman–Crippen MR) is 90.1 cm³/mol. The first-order valence-corrected chi connectivity index (χ1v) is 8.68. The van der Waals surface area contributed by atoms with Gasteiger partial charge in [0.15, 0.2) is 0 Å². The number of sulfonamides is 1. The summed E-state index contributed by atoms with van der Waals surface area (Å²) in [6.45, 7) is 1.90. The highest BCUT2D eigenvalue weighted by Crippen LogP contribution is 2.19. The summed E-state index contributed by atoms with van der Waals surface area (Å²) in [5.41, 5.74) is 1.87. The van der Waals surface area contributed by atoms with Crippen LogP contribution in [0, 0.1) is 18.3 Å². The molecule has 0 spiro atoms. The smallest absolute Gasteiger partial charge is 0.265 e. The van der Waals surface area contributed by atoms with Gasteiger partial charge in [0.1, 0.15) is 16.7 Å². The van der Waals surface area contributed by atoms with Crippen molar-refractivity contribution < 1.29 is 13.2 Å². The molecule has 3 aromatic rings. The summed E-state index contributed by atoms with van der Waals surface area (Å²) in [5, 5.41) is 9.26. The quantitative estimate of drug-likeness (QED) is 0.770. The number of aromatic nitrogens is 2. The lowest BCUT2D eigenvalue weighted by Gasteiger charge is -2.09. The van der Waals surface area contributed by atoms with Gasteiger partial charge in [-0.05, 0) is 36.8 Å². The lowest BCUT2D eigenvalue weighted by molar-refractivity contribution is 0.0983. The van der Waals surface area contributed by atoms with Crippen LogP contribution in [0.5, 0.6) is 0 Å². The van der Waals surface area contributed by atoms with Crippen molar-refractivity contribution in [1.82, 2.24) is 14.7 Å². The van der Waals surface area contributed by atoms with Gasteiger partial charge in [0.05, 0.1) is 11.1 Å². The van der Waals surface area contributed by atoms with E-state index in [1.54, 1.807) is 12.1 Å². The molecular weight excluding hydrogens is 340 g/mol. The van der Waals surface area contributed by atoms with Crippen LogP contribution >= 0.6 is 0 Å². The van der Waals surface area contributed by atoms with E-state index in [-0.39, 0.29) is 16.2 Å². The van der Waals surface area contributed by atoms with Crippen LogP contribution in [0.4, 0.5) is 0 Å². The Bertz CT molecular complexity index is 1120. The highest BCUT2D eigenvalue weighted by molar-refractivity contribution is 7.90. The molecule has 1 N–H and O–H groups in total. The van der Waals surface area contributed by atoms with Crippen LogP contribution < -0.4 is 4.72 Å². The highest BCUT2D eigenvalue weighted by Gasteiger charge is 2.20. The van der Waals surface area contributed by atoms with E-state index in [0.717, 1.165) is 11.8 Å². The Balaban J connectivity index is 1.95. The molecule has 0 atom stereocenters. The molecule has 0 fully saturated rings. The van der Waals surface area contributed by atoms with Gasteiger partial charge in [-0.2, -0.15) is 5.26 Å². The van der Waals surface area contributed by atoms with Crippen LogP contribution in [0.2, 0.25) is 0 Å². The van der Waals surface area contributed by atoms with Crippen molar-refractivity contribution in [3.05, 3.63) is 65.6 Å². The van der Waals surface area contributed by atoms with E-state index in [0.29, 0.717) is 10.9 Å². The van der Waals surface area contributed by atoms with Crippen LogP contribution in [0.15, 0.2) is 53.7 Å². The van der Waals surface area contributed by atoms with E-state index in [1.807, 2.05) is 23.8 Å². The highest BCUT2D eigenvalue weighted by atomic mass is 32.2. The average Bonchev–Trinajstić information content (AvgIpc) is 2.60. The van der Waals surface area contributed by atoms with E-state index in [2.05, 4.69) is 9.97 Å². The Kier molecular flexibility index (Phi) is 4.17. The van der Waals surface area contributed by atoms with Crippen LogP contribution in [0.3, 0.4) is 0 Å². The van der Waals surface area contributed by atoms with Crippen LogP contribution in [-0.2, 0) is 10.0 Å². The molecule has 0 aliphatic heterocycles. The fourth-order valence-electron chi connectivity index (χ4n) is 2.30. The van der Waals surface area contributed by atoms with Crippen molar-refractivity contribution in [1.29, 1.82) is 5.26 Å². The summed E-state index contributed by atoms with van der Waals surface area (Å²) in [6, 6.07) is 11.1. The average molecular weight is 352 g/mol. The number of aryl methyl sites for hydroxylation is 1. The van der Waals surface area contributed by atoms with Gasteiger partial charge in [-0.15, -0.1) is 0 Å². The third-order valence-electron chi connectivity index (χ3n) is 3.53. The topological polar surface area (TPSA) is 113 Å². The van der Waals surface area contributed by atoms with Gasteiger partial charge in [-0.1, -0.05) is 12.1 Å². The van der Waals surface area contributed by atoms with Crippen molar-refractivity contribution >= 4 is 26.8 Å². The first-order chi connectivity index (χ1) is 11.9. The third kappa shape index (κ3) is 3.32. The van der Waals surface area contributed by atoms with Gasteiger partial charge in [-0.3, -0.25) is 9.78 Å². The molecule has 2 aromatic heterocycles. The van der Waals surface area contributed by atoms with E-state index >= 15 is 0 Å². The molecule has 8 heteroatoms. The Hall–Kier alpha value is -3.31. The fraction of sp³-hybridized carbons (Fsp3) is 0.0588. The maximum absolute atomic E-state index is 12.5. The number of carbonyl (C=O) groups excluding carboxylic acids is 1. The fourth-order valence-corrected chi connectivity index (χ4v) is 3.21. The molecule has 3 rings (SSSR count). The van der Waals surface area contributed by atoms with Crippen molar-refractivity contribution in [3.63, 3.8) is 0 Å². The van der Waals surface area contributed by atoms with Crippen molar-refractivity contribution in [2.75, 3.05) is 0 Å². The van der Waals surface area contributed by atoms with E-state index in [1.165, 1.54) is 24.4 Å². The Morgan fingerprint density at radius 2 is 1.96 bits per heavy atom. The molecule has 0 saturated heterocycles. The largest absolute Gasteiger partial charge is 0.268 e. The summed E-state index contributed by atoms with van der Waals surface area (Å²) in [6.07, 6.45) is 2.48. The number of fused-ring (bicyclic) bond motifs is 1. The van der Waals surface area contributed by atoms with Gasteiger partial charge in [-0.25, -0.2) is 18.1 Å². The van der Waals surface area contributed by atoms with Crippen molar-refractivity contribution in [2.24, 2.45) is 0 Å². The SMILES string of the molecule is Cc1ccc2c(C(=O)NS(=O)(=O)c3ccc(C#N)nc3)ccnc2c1. The molecule has 0 aliphatic carbocycles. The number of nitrogens with zero attached hydrogens (tertiary/aromatic N) is 3. The van der Waals surface area contributed by atoms with Gasteiger partial charge >= 0.3 is 0 Å². The second kappa shape index (κ2) is 6.30. The maximum atomic E-state index is 12.5. The molecule has 124 valence electrons.